The van der Waals surface area contributed by atoms with E-state index in [1.807, 2.05) is 26.0 Å². The lowest BCUT2D eigenvalue weighted by Crippen LogP contribution is -2.35. The molecule has 23 heavy (non-hydrogen) atoms. The molecule has 0 radical (unpaired) electrons. The monoisotopic (exact) mass is 311 g/mol. The third-order valence-electron chi connectivity index (χ3n) is 4.32. The third kappa shape index (κ3) is 3.04. The molecule has 1 aromatic carbocycles. The number of rotatable bonds is 4. The lowest BCUT2D eigenvalue weighted by Gasteiger charge is -2.21. The molecule has 0 aliphatic heterocycles. The van der Waals surface area contributed by atoms with E-state index < -0.39 is 12.0 Å². The maximum absolute atomic E-state index is 11.5. The van der Waals surface area contributed by atoms with Crippen molar-refractivity contribution >= 4 is 11.8 Å². The zero-order valence-electron chi connectivity index (χ0n) is 13.4. The zero-order valence-corrected chi connectivity index (χ0v) is 13.4. The number of hydrogen-bond acceptors (Lipinski definition) is 4. The van der Waals surface area contributed by atoms with Crippen LogP contribution in [0.15, 0.2) is 30.6 Å². The van der Waals surface area contributed by atoms with Crippen molar-refractivity contribution < 1.29 is 9.90 Å². The summed E-state index contributed by atoms with van der Waals surface area (Å²) in [6.07, 6.45) is 4.37. The second-order valence-corrected chi connectivity index (χ2v) is 6.26. The average Bonchev–Trinajstić information content (AvgIpc) is 2.72. The maximum Gasteiger partial charge on any atom is 0.326 e. The van der Waals surface area contributed by atoms with Crippen molar-refractivity contribution in [2.45, 2.75) is 39.2 Å². The fraction of sp³-hybridized carbons (Fsp3) is 0.389. The topological polar surface area (TPSA) is 75.1 Å². The van der Waals surface area contributed by atoms with Crippen LogP contribution in [-0.4, -0.2) is 27.1 Å². The molecule has 0 saturated heterocycles. The molecule has 2 aromatic rings. The van der Waals surface area contributed by atoms with Crippen molar-refractivity contribution in [3.63, 3.8) is 0 Å². The van der Waals surface area contributed by atoms with Crippen molar-refractivity contribution in [3.8, 4) is 11.3 Å². The summed E-state index contributed by atoms with van der Waals surface area (Å²) < 4.78 is 0. The Hall–Kier alpha value is -2.43. The van der Waals surface area contributed by atoms with Gasteiger partial charge >= 0.3 is 5.97 Å². The van der Waals surface area contributed by atoms with E-state index in [4.69, 9.17) is 0 Å². The molecule has 120 valence electrons. The van der Waals surface area contributed by atoms with Crippen LogP contribution in [0.1, 0.15) is 31.4 Å². The molecular formula is C18H21N3O2. The van der Waals surface area contributed by atoms with Gasteiger partial charge in [-0.3, -0.25) is 0 Å². The predicted molar refractivity (Wildman–Crippen MR) is 89.4 cm³/mol. The number of benzene rings is 1. The third-order valence-corrected chi connectivity index (χ3v) is 4.32. The smallest absolute Gasteiger partial charge is 0.326 e. The Bertz CT molecular complexity index is 728. The van der Waals surface area contributed by atoms with Gasteiger partial charge in [-0.2, -0.15) is 0 Å². The molecule has 0 fully saturated rings. The highest BCUT2D eigenvalue weighted by molar-refractivity contribution is 5.79. The molecule has 5 heteroatoms. The normalized spacial score (nSPS) is 14.6. The van der Waals surface area contributed by atoms with Crippen LogP contribution in [0.3, 0.4) is 0 Å². The molecule has 1 aliphatic carbocycles. The summed E-state index contributed by atoms with van der Waals surface area (Å²) in [5.74, 6) is -0.245. The molecular weight excluding hydrogens is 290 g/mol. The molecule has 0 bridgehead atoms. The molecule has 1 aromatic heterocycles. The number of nitrogens with zero attached hydrogens (tertiary/aromatic N) is 2. The summed E-state index contributed by atoms with van der Waals surface area (Å²) in [5.41, 5.74) is 4.35. The van der Waals surface area contributed by atoms with Gasteiger partial charge in [-0.1, -0.05) is 38.1 Å². The average molecular weight is 311 g/mol. The van der Waals surface area contributed by atoms with Gasteiger partial charge in [-0.25, -0.2) is 14.8 Å². The Morgan fingerprint density at radius 2 is 2.00 bits per heavy atom. The minimum Gasteiger partial charge on any atom is -0.480 e. The first-order valence-electron chi connectivity index (χ1n) is 7.99. The number of aromatic nitrogens is 2. The van der Waals surface area contributed by atoms with Gasteiger partial charge in [-0.15, -0.1) is 0 Å². The first kappa shape index (κ1) is 15.5. The Labute approximate surface area is 135 Å². The molecule has 2 N–H and O–H groups in total. The SMILES string of the molecule is CC(C)[C@@H](Nc1ncnc2c1CCCc1ccccc1-2)C(=O)O. The van der Waals surface area contributed by atoms with Crippen molar-refractivity contribution in [3.05, 3.63) is 41.7 Å². The number of nitrogens with one attached hydrogen (secondary N) is 1. The Balaban J connectivity index is 2.05. The predicted octanol–water partition coefficient (Wildman–Crippen LogP) is 3.15. The van der Waals surface area contributed by atoms with Gasteiger partial charge < -0.3 is 10.4 Å². The molecule has 0 spiro atoms. The Morgan fingerprint density at radius 1 is 1.22 bits per heavy atom. The second kappa shape index (κ2) is 6.36. The van der Waals surface area contributed by atoms with Crippen molar-refractivity contribution in [2.75, 3.05) is 5.32 Å². The van der Waals surface area contributed by atoms with Crippen LogP contribution in [0.25, 0.3) is 11.3 Å². The van der Waals surface area contributed by atoms with Gasteiger partial charge in [0.25, 0.3) is 0 Å². The second-order valence-electron chi connectivity index (χ2n) is 6.26. The Kier molecular flexibility index (Phi) is 4.28. The van der Waals surface area contributed by atoms with Crippen LogP contribution in [0, 0.1) is 5.92 Å². The molecule has 5 nitrogen and oxygen atoms in total. The number of aliphatic carboxylic acids is 1. The molecule has 0 amide bonds. The largest absolute Gasteiger partial charge is 0.480 e. The van der Waals surface area contributed by atoms with Crippen molar-refractivity contribution in [1.82, 2.24) is 9.97 Å². The molecule has 1 aliphatic rings. The summed E-state index contributed by atoms with van der Waals surface area (Å²) >= 11 is 0. The Morgan fingerprint density at radius 3 is 2.74 bits per heavy atom. The van der Waals surface area contributed by atoms with Gasteiger partial charge in [0, 0.05) is 11.1 Å². The number of aryl methyl sites for hydroxylation is 1. The van der Waals surface area contributed by atoms with Crippen LogP contribution in [0.2, 0.25) is 0 Å². The quantitative estimate of drug-likeness (QED) is 0.907. The van der Waals surface area contributed by atoms with Crippen LogP contribution in [0.4, 0.5) is 5.82 Å². The van der Waals surface area contributed by atoms with E-state index in [2.05, 4.69) is 27.4 Å². The highest BCUT2D eigenvalue weighted by Gasteiger charge is 2.25. The summed E-state index contributed by atoms with van der Waals surface area (Å²) in [5, 5.41) is 12.5. The first-order valence-corrected chi connectivity index (χ1v) is 7.99. The van der Waals surface area contributed by atoms with E-state index in [0.717, 1.165) is 36.1 Å². The molecule has 3 rings (SSSR count). The first-order chi connectivity index (χ1) is 11.1. The summed E-state index contributed by atoms with van der Waals surface area (Å²) in [4.78, 5) is 20.3. The minimum atomic E-state index is -0.860. The zero-order chi connectivity index (χ0) is 16.4. The fourth-order valence-electron chi connectivity index (χ4n) is 3.09. The number of carbonyl (C=O) groups is 1. The highest BCUT2D eigenvalue weighted by Crippen LogP contribution is 2.33. The summed E-state index contributed by atoms with van der Waals surface area (Å²) in [6.45, 7) is 3.78. The highest BCUT2D eigenvalue weighted by atomic mass is 16.4. The molecule has 0 unspecified atom stereocenters. The molecule has 1 atom stereocenters. The minimum absolute atomic E-state index is 0.0313. The van der Waals surface area contributed by atoms with Crippen LogP contribution in [0.5, 0.6) is 0 Å². The van der Waals surface area contributed by atoms with E-state index in [1.54, 1.807) is 0 Å². The van der Waals surface area contributed by atoms with Gasteiger partial charge in [0.2, 0.25) is 0 Å². The number of anilines is 1. The number of carboxylic acids is 1. The van der Waals surface area contributed by atoms with Gasteiger partial charge in [0.05, 0.1) is 5.69 Å². The van der Waals surface area contributed by atoms with E-state index >= 15 is 0 Å². The fourth-order valence-corrected chi connectivity index (χ4v) is 3.09. The van der Waals surface area contributed by atoms with Gasteiger partial charge in [0.15, 0.2) is 0 Å². The standard InChI is InChI=1S/C18H21N3O2/c1-11(2)15(18(22)23)21-17-14-9-5-7-12-6-3-4-8-13(12)16(14)19-10-20-17/h3-4,6,8,10-11,15H,5,7,9H2,1-2H3,(H,22,23)(H,19,20,21)/t15-/m1/s1. The number of carboxylic acid groups (broad SMARTS) is 1. The number of hydrogen-bond donors (Lipinski definition) is 2. The maximum atomic E-state index is 11.5. The van der Waals surface area contributed by atoms with E-state index in [9.17, 15) is 9.90 Å². The van der Waals surface area contributed by atoms with Gasteiger partial charge in [-0.05, 0) is 30.7 Å². The summed E-state index contributed by atoms with van der Waals surface area (Å²) in [7, 11) is 0. The lowest BCUT2D eigenvalue weighted by molar-refractivity contribution is -0.138. The summed E-state index contributed by atoms with van der Waals surface area (Å²) in [6, 6.07) is 7.61. The van der Waals surface area contributed by atoms with Crippen LogP contribution in [-0.2, 0) is 17.6 Å². The van der Waals surface area contributed by atoms with E-state index in [0.29, 0.717) is 5.82 Å². The molecule has 0 saturated carbocycles. The lowest BCUT2D eigenvalue weighted by atomic mass is 10.0. The van der Waals surface area contributed by atoms with Crippen LogP contribution < -0.4 is 5.32 Å². The van der Waals surface area contributed by atoms with E-state index in [1.165, 1.54) is 11.9 Å². The van der Waals surface area contributed by atoms with Gasteiger partial charge in [0.1, 0.15) is 18.2 Å². The molecule has 1 heterocycles. The van der Waals surface area contributed by atoms with Crippen LogP contribution >= 0.6 is 0 Å². The number of fused-ring (bicyclic) bond motifs is 3. The van der Waals surface area contributed by atoms with Crippen molar-refractivity contribution in [1.29, 1.82) is 0 Å². The van der Waals surface area contributed by atoms with Crippen molar-refractivity contribution in [2.24, 2.45) is 5.92 Å². The van der Waals surface area contributed by atoms with E-state index in [-0.39, 0.29) is 5.92 Å².